The first-order chi connectivity index (χ1) is 13.7. The number of aromatic nitrogens is 1. The summed E-state index contributed by atoms with van der Waals surface area (Å²) in [5.41, 5.74) is 1.72. The molecule has 0 aliphatic rings. The van der Waals surface area contributed by atoms with E-state index in [-0.39, 0.29) is 6.61 Å². The molecule has 3 rings (SSSR count). The Morgan fingerprint density at radius 1 is 0.964 bits per heavy atom. The van der Waals surface area contributed by atoms with E-state index in [1.165, 1.54) is 0 Å². The molecular weight excluding hydrogens is 362 g/mol. The number of halogens is 1. The predicted octanol–water partition coefficient (Wildman–Crippen LogP) is 3.94. The van der Waals surface area contributed by atoms with Gasteiger partial charge in [-0.05, 0) is 36.4 Å². The Bertz CT molecular complexity index is 864. The molecule has 0 atom stereocenters. The van der Waals surface area contributed by atoms with Crippen molar-refractivity contribution in [2.24, 2.45) is 0 Å². The predicted molar refractivity (Wildman–Crippen MR) is 107 cm³/mol. The van der Waals surface area contributed by atoms with Crippen LogP contribution in [0.1, 0.15) is 0 Å². The van der Waals surface area contributed by atoms with Crippen LogP contribution in [0.15, 0.2) is 47.0 Å². The van der Waals surface area contributed by atoms with E-state index in [9.17, 15) is 4.39 Å². The number of hydrogen-bond donors (Lipinski definition) is 0. The minimum absolute atomic E-state index is 0.114. The molecule has 6 nitrogen and oxygen atoms in total. The van der Waals surface area contributed by atoms with E-state index < -0.39 is 6.67 Å². The first-order valence-corrected chi connectivity index (χ1v) is 9.19. The fourth-order valence-electron chi connectivity index (χ4n) is 2.64. The topological polar surface area (TPSA) is 57.0 Å². The Morgan fingerprint density at radius 2 is 1.75 bits per heavy atom. The highest BCUT2D eigenvalue weighted by Crippen LogP contribution is 2.30. The first-order valence-electron chi connectivity index (χ1n) is 9.19. The average Bonchev–Trinajstić information content (AvgIpc) is 3.13. The van der Waals surface area contributed by atoms with Gasteiger partial charge >= 0.3 is 0 Å². The summed E-state index contributed by atoms with van der Waals surface area (Å²) in [5, 5.41) is 0.963. The number of benzene rings is 1. The summed E-state index contributed by atoms with van der Waals surface area (Å²) < 4.78 is 33.9. The number of fused-ring (bicyclic) bond motifs is 1. The molecule has 2 heterocycles. The fourth-order valence-corrected chi connectivity index (χ4v) is 2.64. The van der Waals surface area contributed by atoms with Gasteiger partial charge in [-0.1, -0.05) is 0 Å². The van der Waals surface area contributed by atoms with E-state index >= 15 is 0 Å². The number of rotatable bonds is 11. The Labute approximate surface area is 163 Å². The number of pyridine rings is 1. The standard InChI is InChI=1S/C21H25FN2O4/c1-24(2)21-6-3-16(15-23-21)20-14-17-13-18(4-5-19(17)28-20)27-12-11-26-10-9-25-8-7-22/h3-6,13-15H,7-12H2,1-2H3/i22-1. The maximum absolute atomic E-state index is 11.9. The Morgan fingerprint density at radius 3 is 2.46 bits per heavy atom. The molecule has 0 fully saturated rings. The van der Waals surface area contributed by atoms with E-state index in [1.807, 2.05) is 55.4 Å². The Kier molecular flexibility index (Phi) is 7.22. The quantitative estimate of drug-likeness (QED) is 0.465. The molecule has 0 radical (unpaired) electrons. The van der Waals surface area contributed by atoms with Crippen LogP contribution in [0.5, 0.6) is 5.75 Å². The van der Waals surface area contributed by atoms with E-state index in [0.29, 0.717) is 26.4 Å². The molecule has 0 aliphatic carbocycles. The number of anilines is 1. The van der Waals surface area contributed by atoms with Crippen molar-refractivity contribution in [1.29, 1.82) is 0 Å². The van der Waals surface area contributed by atoms with Gasteiger partial charge in [-0.2, -0.15) is 0 Å². The fraction of sp³-hybridized carbons (Fsp3) is 0.381. The van der Waals surface area contributed by atoms with E-state index in [0.717, 1.165) is 33.9 Å². The summed E-state index contributed by atoms with van der Waals surface area (Å²) in [6.07, 6.45) is 1.80. The maximum atomic E-state index is 11.9. The van der Waals surface area contributed by atoms with Crippen LogP contribution in [-0.4, -0.2) is 58.8 Å². The van der Waals surface area contributed by atoms with Gasteiger partial charge in [0.15, 0.2) is 0 Å². The molecule has 0 saturated carbocycles. The number of ether oxygens (including phenoxy) is 3. The highest BCUT2D eigenvalue weighted by atomic mass is 18.2. The van der Waals surface area contributed by atoms with Crippen LogP contribution in [0.25, 0.3) is 22.3 Å². The van der Waals surface area contributed by atoms with E-state index in [2.05, 4.69) is 4.98 Å². The Hall–Kier alpha value is -2.64. The van der Waals surface area contributed by atoms with Crippen molar-refractivity contribution in [2.45, 2.75) is 0 Å². The molecule has 0 saturated heterocycles. The zero-order valence-corrected chi connectivity index (χ0v) is 16.2. The number of hydrogen-bond acceptors (Lipinski definition) is 6. The minimum atomic E-state index is -0.473. The molecule has 0 aliphatic heterocycles. The van der Waals surface area contributed by atoms with Crippen molar-refractivity contribution >= 4 is 16.8 Å². The van der Waals surface area contributed by atoms with Crippen molar-refractivity contribution in [3.05, 3.63) is 42.6 Å². The average molecular weight is 387 g/mol. The van der Waals surface area contributed by atoms with Crippen LogP contribution in [0.2, 0.25) is 0 Å². The molecule has 2 aromatic heterocycles. The van der Waals surface area contributed by atoms with Gasteiger partial charge in [-0.25, -0.2) is 9.37 Å². The third-order valence-electron chi connectivity index (χ3n) is 4.07. The zero-order valence-electron chi connectivity index (χ0n) is 16.2. The number of furan rings is 1. The van der Waals surface area contributed by atoms with Gasteiger partial charge in [-0.3, -0.25) is 0 Å². The summed E-state index contributed by atoms with van der Waals surface area (Å²) in [6, 6.07) is 11.6. The van der Waals surface area contributed by atoms with Crippen molar-refractivity contribution in [3.8, 4) is 17.1 Å². The second-order valence-electron chi connectivity index (χ2n) is 6.37. The summed E-state index contributed by atoms with van der Waals surface area (Å²) in [5.74, 6) is 2.41. The van der Waals surface area contributed by atoms with Crippen LogP contribution in [-0.2, 0) is 9.47 Å². The summed E-state index contributed by atoms with van der Waals surface area (Å²) in [4.78, 5) is 6.37. The summed E-state index contributed by atoms with van der Waals surface area (Å²) >= 11 is 0. The smallest absolute Gasteiger partial charge is 0.136 e. The lowest BCUT2D eigenvalue weighted by molar-refractivity contribution is 0.0325. The van der Waals surface area contributed by atoms with Gasteiger partial charge in [0.2, 0.25) is 0 Å². The highest BCUT2D eigenvalue weighted by molar-refractivity contribution is 5.84. The van der Waals surface area contributed by atoms with Crippen LogP contribution >= 0.6 is 0 Å². The molecule has 0 spiro atoms. The van der Waals surface area contributed by atoms with Crippen LogP contribution < -0.4 is 9.64 Å². The second-order valence-corrected chi connectivity index (χ2v) is 6.37. The van der Waals surface area contributed by atoms with Crippen molar-refractivity contribution < 1.29 is 23.0 Å². The molecule has 150 valence electrons. The SMILES string of the molecule is CN(C)c1ccc(-c2cc3cc(OCCOCCOCC[18F])ccc3o2)cn1. The molecule has 28 heavy (non-hydrogen) atoms. The molecule has 0 N–H and O–H groups in total. The lowest BCUT2D eigenvalue weighted by atomic mass is 10.2. The van der Waals surface area contributed by atoms with Gasteiger partial charge in [0.25, 0.3) is 0 Å². The molecule has 3 aromatic rings. The minimum Gasteiger partial charge on any atom is -0.491 e. The van der Waals surface area contributed by atoms with Crippen LogP contribution in [0.3, 0.4) is 0 Å². The second kappa shape index (κ2) is 10.1. The lowest BCUT2D eigenvalue weighted by Gasteiger charge is -2.10. The third-order valence-corrected chi connectivity index (χ3v) is 4.07. The molecule has 0 unspecified atom stereocenters. The lowest BCUT2D eigenvalue weighted by Crippen LogP contribution is -2.11. The molecule has 0 amide bonds. The number of alkyl halides is 1. The molecular formula is C21H25FN2O4. The van der Waals surface area contributed by atoms with Crippen molar-refractivity contribution in [3.63, 3.8) is 0 Å². The van der Waals surface area contributed by atoms with Crippen molar-refractivity contribution in [1.82, 2.24) is 4.98 Å². The van der Waals surface area contributed by atoms with Gasteiger partial charge in [0.05, 0.1) is 26.4 Å². The monoisotopic (exact) mass is 387 g/mol. The van der Waals surface area contributed by atoms with Crippen molar-refractivity contribution in [2.75, 3.05) is 58.7 Å². The van der Waals surface area contributed by atoms with Gasteiger partial charge in [0, 0.05) is 31.2 Å². The Balaban J connectivity index is 1.54. The molecule has 0 bridgehead atoms. The van der Waals surface area contributed by atoms with Crippen LogP contribution in [0.4, 0.5) is 10.2 Å². The van der Waals surface area contributed by atoms with E-state index in [1.54, 1.807) is 6.20 Å². The van der Waals surface area contributed by atoms with Gasteiger partial charge in [0.1, 0.15) is 36.2 Å². The molecule has 1 aromatic carbocycles. The normalized spacial score (nSPS) is 11.1. The largest absolute Gasteiger partial charge is 0.491 e. The molecule has 7 heteroatoms. The van der Waals surface area contributed by atoms with Crippen LogP contribution in [0, 0.1) is 0 Å². The third kappa shape index (κ3) is 5.43. The maximum Gasteiger partial charge on any atom is 0.136 e. The highest BCUT2D eigenvalue weighted by Gasteiger charge is 2.08. The first kappa shape index (κ1) is 20.1. The number of nitrogens with zero attached hydrogens (tertiary/aromatic N) is 2. The summed E-state index contributed by atoms with van der Waals surface area (Å²) in [6.45, 7) is 1.32. The van der Waals surface area contributed by atoms with Gasteiger partial charge in [-0.15, -0.1) is 0 Å². The zero-order chi connectivity index (χ0) is 19.8. The summed E-state index contributed by atoms with van der Waals surface area (Å²) in [7, 11) is 3.91. The van der Waals surface area contributed by atoms with E-state index in [4.69, 9.17) is 18.6 Å². The van der Waals surface area contributed by atoms with Gasteiger partial charge < -0.3 is 23.5 Å².